The van der Waals surface area contributed by atoms with Crippen molar-refractivity contribution in [3.05, 3.63) is 59.2 Å². The number of hydrogen-bond donors (Lipinski definition) is 2. The van der Waals surface area contributed by atoms with Crippen LogP contribution in [0.25, 0.3) is 0 Å². The number of likely N-dealkylation sites (tertiary alicyclic amines) is 1. The Hall–Kier alpha value is -2.82. The lowest BCUT2D eigenvalue weighted by Crippen LogP contribution is -2.31. The van der Waals surface area contributed by atoms with Gasteiger partial charge >= 0.3 is 0 Å². The molecular weight excluding hydrogens is 362 g/mol. The van der Waals surface area contributed by atoms with Gasteiger partial charge in [-0.25, -0.2) is 0 Å². The maximum absolute atomic E-state index is 12.7. The molecule has 0 atom stereocenters. The summed E-state index contributed by atoms with van der Waals surface area (Å²) in [5.41, 5.74) is 4.74. The molecule has 0 unspecified atom stereocenters. The Bertz CT molecular complexity index is 838. The summed E-state index contributed by atoms with van der Waals surface area (Å²) in [4.78, 5) is 27.0. The van der Waals surface area contributed by atoms with Crippen LogP contribution >= 0.6 is 0 Å². The molecular formula is C24H31N3O2. The number of para-hydroxylation sites is 1. The Kier molecular flexibility index (Phi) is 7.28. The average Bonchev–Trinajstić information content (AvgIpc) is 3.02. The highest BCUT2D eigenvalue weighted by Gasteiger charge is 2.17. The van der Waals surface area contributed by atoms with Gasteiger partial charge in [-0.05, 0) is 61.6 Å². The van der Waals surface area contributed by atoms with Gasteiger partial charge in [-0.3, -0.25) is 9.59 Å². The van der Waals surface area contributed by atoms with Gasteiger partial charge in [0.05, 0.1) is 6.54 Å². The molecule has 2 amide bonds. The number of rotatable bonds is 6. The molecule has 29 heavy (non-hydrogen) atoms. The molecule has 1 fully saturated rings. The van der Waals surface area contributed by atoms with Crippen molar-refractivity contribution in [1.82, 2.24) is 4.90 Å². The van der Waals surface area contributed by atoms with E-state index in [-0.39, 0.29) is 18.4 Å². The zero-order valence-corrected chi connectivity index (χ0v) is 17.5. The molecule has 0 saturated carbocycles. The molecule has 154 valence electrons. The fraction of sp³-hybridized carbons (Fsp3) is 0.417. The molecule has 2 aromatic carbocycles. The van der Waals surface area contributed by atoms with Crippen LogP contribution in [0.4, 0.5) is 11.4 Å². The molecule has 3 rings (SSSR count). The Morgan fingerprint density at radius 2 is 1.66 bits per heavy atom. The Balaban J connectivity index is 1.55. The molecule has 0 bridgehead atoms. The summed E-state index contributed by atoms with van der Waals surface area (Å²) in [5.74, 6) is -0.0278. The van der Waals surface area contributed by atoms with Crippen molar-refractivity contribution < 1.29 is 9.59 Å². The highest BCUT2D eigenvalue weighted by Crippen LogP contribution is 2.21. The Morgan fingerprint density at radius 3 is 2.31 bits per heavy atom. The van der Waals surface area contributed by atoms with Gasteiger partial charge in [0.15, 0.2) is 0 Å². The van der Waals surface area contributed by atoms with Crippen LogP contribution in [-0.4, -0.2) is 36.3 Å². The van der Waals surface area contributed by atoms with Gasteiger partial charge < -0.3 is 15.5 Å². The number of nitrogens with one attached hydrogen (secondary N) is 2. The number of benzene rings is 2. The minimum Gasteiger partial charge on any atom is -0.376 e. The predicted molar refractivity (Wildman–Crippen MR) is 118 cm³/mol. The third-order valence-electron chi connectivity index (χ3n) is 5.47. The van der Waals surface area contributed by atoms with Crippen molar-refractivity contribution in [3.8, 4) is 0 Å². The zero-order chi connectivity index (χ0) is 20.6. The lowest BCUT2D eigenvalue weighted by Gasteiger charge is -2.20. The molecule has 5 heteroatoms. The number of carbonyl (C=O) groups excluding carboxylic acids is 2. The van der Waals surface area contributed by atoms with E-state index in [0.29, 0.717) is 11.3 Å². The Morgan fingerprint density at radius 1 is 0.966 bits per heavy atom. The molecule has 1 heterocycles. The summed E-state index contributed by atoms with van der Waals surface area (Å²) < 4.78 is 0. The number of aryl methyl sites for hydroxylation is 2. The SMILES string of the molecule is CCc1cccc(C)c1NCC(=O)Nc1ccc(C(=O)N2CCCCCC2)cc1. The van der Waals surface area contributed by atoms with Crippen LogP contribution in [0, 0.1) is 6.92 Å². The summed E-state index contributed by atoms with van der Waals surface area (Å²) in [7, 11) is 0. The molecule has 0 aromatic heterocycles. The first kappa shape index (κ1) is 20.9. The van der Waals surface area contributed by atoms with E-state index in [2.05, 4.69) is 23.6 Å². The third-order valence-corrected chi connectivity index (χ3v) is 5.47. The van der Waals surface area contributed by atoms with E-state index in [9.17, 15) is 9.59 Å². The summed E-state index contributed by atoms with van der Waals surface area (Å²) in [5, 5.41) is 6.16. The molecule has 0 spiro atoms. The Labute approximate surface area is 173 Å². The number of carbonyl (C=O) groups is 2. The van der Waals surface area contributed by atoms with Crippen LogP contribution in [-0.2, 0) is 11.2 Å². The van der Waals surface area contributed by atoms with E-state index in [0.717, 1.165) is 43.6 Å². The first-order valence-electron chi connectivity index (χ1n) is 10.6. The largest absolute Gasteiger partial charge is 0.376 e. The van der Waals surface area contributed by atoms with Crippen molar-refractivity contribution in [2.24, 2.45) is 0 Å². The molecule has 2 aromatic rings. The van der Waals surface area contributed by atoms with Crippen LogP contribution in [0.2, 0.25) is 0 Å². The number of nitrogens with zero attached hydrogens (tertiary/aromatic N) is 1. The van der Waals surface area contributed by atoms with Gasteiger partial charge in [0.1, 0.15) is 0 Å². The average molecular weight is 394 g/mol. The van der Waals surface area contributed by atoms with Gasteiger partial charge in [-0.1, -0.05) is 38.0 Å². The second kappa shape index (κ2) is 10.1. The van der Waals surface area contributed by atoms with Crippen molar-refractivity contribution in [3.63, 3.8) is 0 Å². The first-order chi connectivity index (χ1) is 14.1. The van der Waals surface area contributed by atoms with Crippen molar-refractivity contribution >= 4 is 23.2 Å². The summed E-state index contributed by atoms with van der Waals surface area (Å²) in [6.07, 6.45) is 5.47. The summed E-state index contributed by atoms with van der Waals surface area (Å²) in [6, 6.07) is 13.3. The second-order valence-corrected chi connectivity index (χ2v) is 7.65. The number of amides is 2. The molecule has 1 aliphatic heterocycles. The van der Waals surface area contributed by atoms with Crippen molar-refractivity contribution in [2.75, 3.05) is 30.3 Å². The van der Waals surface area contributed by atoms with Gasteiger partial charge in [0.2, 0.25) is 5.91 Å². The lowest BCUT2D eigenvalue weighted by atomic mass is 10.1. The van der Waals surface area contributed by atoms with E-state index in [1.165, 1.54) is 18.4 Å². The topological polar surface area (TPSA) is 61.4 Å². The van der Waals surface area contributed by atoms with E-state index < -0.39 is 0 Å². The molecule has 2 N–H and O–H groups in total. The second-order valence-electron chi connectivity index (χ2n) is 7.65. The minimum atomic E-state index is -0.109. The van der Waals surface area contributed by atoms with Gasteiger partial charge in [0, 0.05) is 30.0 Å². The summed E-state index contributed by atoms with van der Waals surface area (Å²) >= 11 is 0. The highest BCUT2D eigenvalue weighted by molar-refractivity contribution is 5.96. The van der Waals surface area contributed by atoms with Gasteiger partial charge in [-0.2, -0.15) is 0 Å². The van der Waals surface area contributed by atoms with Crippen molar-refractivity contribution in [2.45, 2.75) is 46.0 Å². The zero-order valence-electron chi connectivity index (χ0n) is 17.5. The first-order valence-corrected chi connectivity index (χ1v) is 10.6. The van der Waals surface area contributed by atoms with E-state index in [1.54, 1.807) is 24.3 Å². The molecule has 1 saturated heterocycles. The quantitative estimate of drug-likeness (QED) is 0.752. The van der Waals surface area contributed by atoms with Crippen LogP contribution in [0.3, 0.4) is 0 Å². The van der Waals surface area contributed by atoms with Gasteiger partial charge in [-0.15, -0.1) is 0 Å². The summed E-state index contributed by atoms with van der Waals surface area (Å²) in [6.45, 7) is 6.02. The third kappa shape index (κ3) is 5.59. The van der Waals surface area contributed by atoms with Crippen LogP contribution < -0.4 is 10.6 Å². The van der Waals surface area contributed by atoms with E-state index in [4.69, 9.17) is 0 Å². The normalized spacial score (nSPS) is 14.2. The van der Waals surface area contributed by atoms with Crippen molar-refractivity contribution in [1.29, 1.82) is 0 Å². The van der Waals surface area contributed by atoms with Gasteiger partial charge in [0.25, 0.3) is 5.91 Å². The standard InChI is InChI=1S/C24H31N3O2/c1-3-19-10-8-9-18(2)23(19)25-17-22(28)26-21-13-11-20(12-14-21)24(29)27-15-6-4-5-7-16-27/h8-14,25H,3-7,15-17H2,1-2H3,(H,26,28). The maximum Gasteiger partial charge on any atom is 0.253 e. The molecule has 0 radical (unpaired) electrons. The van der Waals surface area contributed by atoms with E-state index >= 15 is 0 Å². The molecule has 0 aliphatic carbocycles. The fourth-order valence-corrected chi connectivity index (χ4v) is 3.80. The number of hydrogen-bond acceptors (Lipinski definition) is 3. The van der Waals surface area contributed by atoms with Crippen LogP contribution in [0.5, 0.6) is 0 Å². The van der Waals surface area contributed by atoms with E-state index in [1.807, 2.05) is 24.0 Å². The monoisotopic (exact) mass is 393 g/mol. The number of anilines is 2. The smallest absolute Gasteiger partial charge is 0.253 e. The predicted octanol–water partition coefficient (Wildman–Crippen LogP) is 4.62. The highest BCUT2D eigenvalue weighted by atomic mass is 16.2. The van der Waals surface area contributed by atoms with Crippen LogP contribution in [0.15, 0.2) is 42.5 Å². The minimum absolute atomic E-state index is 0.0816. The van der Waals surface area contributed by atoms with Crippen LogP contribution in [0.1, 0.15) is 54.1 Å². The molecule has 5 nitrogen and oxygen atoms in total. The maximum atomic E-state index is 12.7. The fourth-order valence-electron chi connectivity index (χ4n) is 3.80. The lowest BCUT2D eigenvalue weighted by molar-refractivity contribution is -0.114. The molecule has 1 aliphatic rings.